The van der Waals surface area contributed by atoms with Crippen LogP contribution in [0.4, 0.5) is 10.1 Å². The number of rotatable bonds is 3. The molecule has 0 saturated heterocycles. The number of aryl methyl sites for hydroxylation is 2. The Morgan fingerprint density at radius 2 is 1.71 bits per heavy atom. The highest BCUT2D eigenvalue weighted by Crippen LogP contribution is 2.35. The highest BCUT2D eigenvalue weighted by molar-refractivity contribution is 5.57. The fourth-order valence-corrected chi connectivity index (χ4v) is 2.09. The lowest BCUT2D eigenvalue weighted by atomic mass is 10.1. The first kappa shape index (κ1) is 14.7. The van der Waals surface area contributed by atoms with Crippen molar-refractivity contribution in [2.24, 2.45) is 0 Å². The summed E-state index contributed by atoms with van der Waals surface area (Å²) < 4.78 is 24.7. The number of nitriles is 1. The van der Waals surface area contributed by atoms with Crippen molar-refractivity contribution in [2.75, 3.05) is 12.8 Å². The van der Waals surface area contributed by atoms with E-state index in [1.54, 1.807) is 26.0 Å². The van der Waals surface area contributed by atoms with E-state index in [1.165, 1.54) is 13.2 Å². The topological polar surface area (TPSA) is 68.3 Å². The molecular weight excluding hydrogens is 271 g/mol. The van der Waals surface area contributed by atoms with Crippen LogP contribution in [0.5, 0.6) is 17.2 Å². The van der Waals surface area contributed by atoms with Crippen LogP contribution in [0.15, 0.2) is 24.3 Å². The van der Waals surface area contributed by atoms with Crippen LogP contribution in [0.1, 0.15) is 16.7 Å². The van der Waals surface area contributed by atoms with Gasteiger partial charge in [0.15, 0.2) is 11.6 Å². The molecule has 0 amide bonds. The van der Waals surface area contributed by atoms with Gasteiger partial charge in [0.2, 0.25) is 0 Å². The summed E-state index contributed by atoms with van der Waals surface area (Å²) in [5.41, 5.74) is 7.88. The summed E-state index contributed by atoms with van der Waals surface area (Å²) in [5, 5.41) is 8.93. The van der Waals surface area contributed by atoms with Gasteiger partial charge in [-0.15, -0.1) is 0 Å². The molecule has 0 radical (unpaired) electrons. The molecule has 108 valence electrons. The predicted molar refractivity (Wildman–Crippen MR) is 78.1 cm³/mol. The second-order valence-electron chi connectivity index (χ2n) is 4.68. The minimum Gasteiger partial charge on any atom is -0.494 e. The van der Waals surface area contributed by atoms with Gasteiger partial charge in [-0.05, 0) is 37.1 Å². The van der Waals surface area contributed by atoms with Crippen LogP contribution in [0, 0.1) is 31.0 Å². The lowest BCUT2D eigenvalue weighted by Gasteiger charge is -2.14. The SMILES string of the molecule is COc1cc(Oc2c(C)cc(C#N)cc2C)c(F)cc1N. The molecule has 0 heterocycles. The first-order valence-electron chi connectivity index (χ1n) is 6.28. The smallest absolute Gasteiger partial charge is 0.168 e. The Morgan fingerprint density at radius 3 is 2.24 bits per heavy atom. The molecule has 0 unspecified atom stereocenters. The van der Waals surface area contributed by atoms with E-state index >= 15 is 0 Å². The standard InChI is InChI=1S/C16H15FN2O2/c1-9-4-11(8-18)5-10(2)16(9)21-14-7-15(20-3)13(19)6-12(14)17/h4-7H,19H2,1-3H3. The van der Waals surface area contributed by atoms with E-state index < -0.39 is 5.82 Å². The van der Waals surface area contributed by atoms with Crippen molar-refractivity contribution >= 4 is 5.69 Å². The zero-order valence-electron chi connectivity index (χ0n) is 12.0. The van der Waals surface area contributed by atoms with E-state index in [4.69, 9.17) is 20.5 Å². The lowest BCUT2D eigenvalue weighted by Crippen LogP contribution is -1.98. The molecule has 0 aromatic heterocycles. The van der Waals surface area contributed by atoms with Gasteiger partial charge in [-0.25, -0.2) is 4.39 Å². The molecule has 2 aromatic rings. The maximum absolute atomic E-state index is 13.9. The summed E-state index contributed by atoms with van der Waals surface area (Å²) in [5.74, 6) is 0.309. The van der Waals surface area contributed by atoms with Crippen LogP contribution in [0.3, 0.4) is 0 Å². The fraction of sp³-hybridized carbons (Fsp3) is 0.188. The molecule has 2 rings (SSSR count). The average Bonchev–Trinajstić information content (AvgIpc) is 2.44. The zero-order chi connectivity index (χ0) is 15.6. The van der Waals surface area contributed by atoms with Gasteiger partial charge in [0.25, 0.3) is 0 Å². The quantitative estimate of drug-likeness (QED) is 0.873. The van der Waals surface area contributed by atoms with Gasteiger partial charge in [0.1, 0.15) is 11.5 Å². The summed E-state index contributed by atoms with van der Waals surface area (Å²) in [6.45, 7) is 3.60. The summed E-state index contributed by atoms with van der Waals surface area (Å²) in [6, 6.07) is 8.01. The zero-order valence-corrected chi connectivity index (χ0v) is 12.0. The number of nitrogens with two attached hydrogens (primary N) is 1. The summed E-state index contributed by atoms with van der Waals surface area (Å²) in [7, 11) is 1.45. The van der Waals surface area contributed by atoms with Crippen molar-refractivity contribution in [1.82, 2.24) is 0 Å². The highest BCUT2D eigenvalue weighted by atomic mass is 19.1. The first-order valence-corrected chi connectivity index (χ1v) is 6.28. The largest absolute Gasteiger partial charge is 0.494 e. The molecule has 0 aliphatic heterocycles. The molecule has 0 fully saturated rings. The van der Waals surface area contributed by atoms with E-state index in [2.05, 4.69) is 6.07 Å². The molecule has 4 nitrogen and oxygen atoms in total. The monoisotopic (exact) mass is 286 g/mol. The van der Waals surface area contributed by atoms with Crippen molar-refractivity contribution in [1.29, 1.82) is 5.26 Å². The Balaban J connectivity index is 2.46. The van der Waals surface area contributed by atoms with Crippen molar-refractivity contribution in [3.63, 3.8) is 0 Å². The summed E-state index contributed by atoms with van der Waals surface area (Å²) in [4.78, 5) is 0. The highest BCUT2D eigenvalue weighted by Gasteiger charge is 2.14. The normalized spacial score (nSPS) is 10.0. The lowest BCUT2D eigenvalue weighted by molar-refractivity contribution is 0.401. The van der Waals surface area contributed by atoms with Gasteiger partial charge in [0, 0.05) is 12.1 Å². The van der Waals surface area contributed by atoms with Crippen molar-refractivity contribution < 1.29 is 13.9 Å². The van der Waals surface area contributed by atoms with Gasteiger partial charge in [-0.1, -0.05) is 0 Å². The Kier molecular flexibility index (Phi) is 3.99. The van der Waals surface area contributed by atoms with Gasteiger partial charge in [-0.2, -0.15) is 5.26 Å². The van der Waals surface area contributed by atoms with Gasteiger partial charge in [-0.3, -0.25) is 0 Å². The maximum atomic E-state index is 13.9. The molecule has 0 saturated carbocycles. The van der Waals surface area contributed by atoms with E-state index in [9.17, 15) is 4.39 Å². The molecule has 0 aliphatic carbocycles. The Bertz CT molecular complexity index is 713. The van der Waals surface area contributed by atoms with Gasteiger partial charge < -0.3 is 15.2 Å². The molecule has 2 N–H and O–H groups in total. The molecule has 21 heavy (non-hydrogen) atoms. The molecule has 0 spiro atoms. The van der Waals surface area contributed by atoms with E-state index in [0.717, 1.165) is 17.2 Å². The van der Waals surface area contributed by atoms with Crippen molar-refractivity contribution in [3.8, 4) is 23.3 Å². The van der Waals surface area contributed by atoms with Crippen LogP contribution in [0.2, 0.25) is 0 Å². The molecule has 0 bridgehead atoms. The molecule has 2 aromatic carbocycles. The van der Waals surface area contributed by atoms with Crippen LogP contribution >= 0.6 is 0 Å². The number of ether oxygens (including phenoxy) is 2. The number of hydrogen-bond donors (Lipinski definition) is 1. The minimum absolute atomic E-state index is 0.0250. The predicted octanol–water partition coefficient (Wildman–Crippen LogP) is 3.70. The molecule has 0 aliphatic rings. The van der Waals surface area contributed by atoms with Crippen molar-refractivity contribution in [2.45, 2.75) is 13.8 Å². The number of hydrogen-bond acceptors (Lipinski definition) is 4. The Morgan fingerprint density at radius 1 is 1.10 bits per heavy atom. The number of benzene rings is 2. The van der Waals surface area contributed by atoms with E-state index in [-0.39, 0.29) is 11.4 Å². The van der Waals surface area contributed by atoms with Crippen molar-refractivity contribution in [3.05, 3.63) is 46.8 Å². The van der Waals surface area contributed by atoms with Gasteiger partial charge >= 0.3 is 0 Å². The third-order valence-corrected chi connectivity index (χ3v) is 3.09. The Hall–Kier alpha value is -2.74. The third kappa shape index (κ3) is 2.90. The van der Waals surface area contributed by atoms with Crippen LogP contribution in [-0.2, 0) is 0 Å². The van der Waals surface area contributed by atoms with Crippen LogP contribution in [0.25, 0.3) is 0 Å². The minimum atomic E-state index is -0.573. The van der Waals surface area contributed by atoms with E-state index in [1.807, 2.05) is 0 Å². The number of halogens is 1. The number of anilines is 1. The van der Waals surface area contributed by atoms with Gasteiger partial charge in [0.05, 0.1) is 24.4 Å². The van der Waals surface area contributed by atoms with E-state index in [0.29, 0.717) is 17.1 Å². The Labute approximate surface area is 122 Å². The molecule has 0 atom stereocenters. The fourth-order valence-electron chi connectivity index (χ4n) is 2.09. The molecular formula is C16H15FN2O2. The third-order valence-electron chi connectivity index (χ3n) is 3.09. The molecule has 5 heteroatoms. The number of nitrogen functional groups attached to an aromatic ring is 1. The average molecular weight is 286 g/mol. The number of methoxy groups -OCH3 is 1. The summed E-state index contributed by atoms with van der Waals surface area (Å²) >= 11 is 0. The number of nitrogens with zero attached hydrogens (tertiary/aromatic N) is 1. The first-order chi connectivity index (χ1) is 9.96. The maximum Gasteiger partial charge on any atom is 0.168 e. The van der Waals surface area contributed by atoms with Crippen LogP contribution < -0.4 is 15.2 Å². The second-order valence-corrected chi connectivity index (χ2v) is 4.68. The van der Waals surface area contributed by atoms with Crippen LogP contribution in [-0.4, -0.2) is 7.11 Å². The second kappa shape index (κ2) is 5.71. The summed E-state index contributed by atoms with van der Waals surface area (Å²) in [6.07, 6.45) is 0.